The molecule has 8 heteroatoms. The summed E-state index contributed by atoms with van der Waals surface area (Å²) in [5.74, 6) is -1.36. The fourth-order valence-electron chi connectivity index (χ4n) is 1.40. The van der Waals surface area contributed by atoms with Gasteiger partial charge in [0.15, 0.2) is 5.69 Å². The number of aromatic nitrogens is 4. The van der Waals surface area contributed by atoms with E-state index in [1.54, 1.807) is 19.2 Å². The van der Waals surface area contributed by atoms with Crippen LogP contribution in [0.15, 0.2) is 24.5 Å². The van der Waals surface area contributed by atoms with Crippen molar-refractivity contribution in [3.05, 3.63) is 35.9 Å². The van der Waals surface area contributed by atoms with E-state index in [1.807, 2.05) is 0 Å². The summed E-state index contributed by atoms with van der Waals surface area (Å²) < 4.78 is 1.42. The highest BCUT2D eigenvalue weighted by atomic mass is 16.4. The van der Waals surface area contributed by atoms with Gasteiger partial charge in [-0.25, -0.2) is 0 Å². The number of carbonyl (C=O) groups is 2. The Hall–Kier alpha value is -2.77. The van der Waals surface area contributed by atoms with Crippen LogP contribution in [0.4, 0.5) is 5.69 Å². The van der Waals surface area contributed by atoms with Crippen molar-refractivity contribution < 1.29 is 14.7 Å². The average Bonchev–Trinajstić information content (AvgIpc) is 2.78. The predicted octanol–water partition coefficient (Wildman–Crippen LogP) is 0.0895. The molecule has 2 aromatic rings. The Labute approximate surface area is 108 Å². The number of hydrogen-bond acceptors (Lipinski definition) is 5. The summed E-state index contributed by atoms with van der Waals surface area (Å²) in [5, 5.41) is 18.5. The van der Waals surface area contributed by atoms with Crippen molar-refractivity contribution in [1.82, 2.24) is 20.0 Å². The summed E-state index contributed by atoms with van der Waals surface area (Å²) in [7, 11) is 1.66. The number of aryl methyl sites for hydroxylation is 1. The van der Waals surface area contributed by atoms with Crippen LogP contribution in [-0.4, -0.2) is 37.0 Å². The summed E-state index contributed by atoms with van der Waals surface area (Å²) >= 11 is 0. The van der Waals surface area contributed by atoms with Crippen molar-refractivity contribution in [2.75, 3.05) is 5.32 Å². The molecular weight excluding hydrogens is 250 g/mol. The molecule has 0 aliphatic carbocycles. The third-order valence-corrected chi connectivity index (χ3v) is 2.25. The molecular formula is C11H11N5O3. The Morgan fingerprint density at radius 1 is 1.42 bits per heavy atom. The molecule has 0 aliphatic rings. The fraction of sp³-hybridized carbons (Fsp3) is 0.182. The lowest BCUT2D eigenvalue weighted by molar-refractivity contribution is -0.136. The second kappa shape index (κ2) is 5.25. The molecule has 2 aromatic heterocycles. The number of carbonyl (C=O) groups excluding carboxylic acids is 1. The van der Waals surface area contributed by atoms with E-state index >= 15 is 0 Å². The van der Waals surface area contributed by atoms with Crippen LogP contribution in [0.25, 0.3) is 0 Å². The van der Waals surface area contributed by atoms with Gasteiger partial charge in [-0.05, 0) is 12.1 Å². The summed E-state index contributed by atoms with van der Waals surface area (Å²) in [5.41, 5.74) is 1.08. The second-order valence-electron chi connectivity index (χ2n) is 3.84. The third kappa shape index (κ3) is 3.35. The molecule has 0 atom stereocenters. The van der Waals surface area contributed by atoms with Gasteiger partial charge in [-0.2, -0.15) is 0 Å². The van der Waals surface area contributed by atoms with Crippen molar-refractivity contribution in [2.45, 2.75) is 6.42 Å². The van der Waals surface area contributed by atoms with Crippen LogP contribution in [0.5, 0.6) is 0 Å². The molecule has 0 spiro atoms. The van der Waals surface area contributed by atoms with Crippen molar-refractivity contribution >= 4 is 17.6 Å². The van der Waals surface area contributed by atoms with E-state index in [0.29, 0.717) is 11.4 Å². The van der Waals surface area contributed by atoms with Crippen LogP contribution in [0.2, 0.25) is 0 Å². The van der Waals surface area contributed by atoms with Gasteiger partial charge in [0.2, 0.25) is 0 Å². The normalized spacial score (nSPS) is 10.2. The van der Waals surface area contributed by atoms with Gasteiger partial charge in [-0.15, -0.1) is 5.10 Å². The molecule has 0 fully saturated rings. The molecule has 2 heterocycles. The van der Waals surface area contributed by atoms with Gasteiger partial charge >= 0.3 is 5.97 Å². The van der Waals surface area contributed by atoms with Gasteiger partial charge in [0.1, 0.15) is 0 Å². The number of amides is 1. The van der Waals surface area contributed by atoms with Crippen molar-refractivity contribution in [3.63, 3.8) is 0 Å². The number of rotatable bonds is 4. The van der Waals surface area contributed by atoms with Gasteiger partial charge in [0.25, 0.3) is 5.91 Å². The van der Waals surface area contributed by atoms with E-state index in [1.165, 1.54) is 17.1 Å². The first-order valence-corrected chi connectivity index (χ1v) is 5.39. The minimum atomic E-state index is -0.955. The zero-order valence-corrected chi connectivity index (χ0v) is 10.1. The number of anilines is 1. The molecule has 19 heavy (non-hydrogen) atoms. The van der Waals surface area contributed by atoms with Crippen LogP contribution in [0.1, 0.15) is 16.2 Å². The smallest absolute Gasteiger partial charge is 0.309 e. The van der Waals surface area contributed by atoms with E-state index in [9.17, 15) is 9.59 Å². The quantitative estimate of drug-likeness (QED) is 0.807. The summed E-state index contributed by atoms with van der Waals surface area (Å²) in [6, 6.07) is 3.12. The van der Waals surface area contributed by atoms with Gasteiger partial charge in [-0.3, -0.25) is 19.3 Å². The standard InChI is InChI=1S/C11H11N5O3/c1-16-6-9(14-15-16)11(19)13-8-3-2-7(12-5-8)4-10(17)18/h2-3,5-6H,4H2,1H3,(H,13,19)(H,17,18). The molecule has 2 N–H and O–H groups in total. The van der Waals surface area contributed by atoms with E-state index in [0.717, 1.165) is 0 Å². The molecule has 0 bridgehead atoms. The average molecular weight is 261 g/mol. The lowest BCUT2D eigenvalue weighted by Crippen LogP contribution is -2.13. The maximum absolute atomic E-state index is 11.7. The molecule has 0 saturated heterocycles. The van der Waals surface area contributed by atoms with Crippen LogP contribution in [-0.2, 0) is 18.3 Å². The zero-order valence-electron chi connectivity index (χ0n) is 10.1. The number of pyridine rings is 1. The molecule has 98 valence electrons. The highest BCUT2D eigenvalue weighted by Gasteiger charge is 2.10. The number of nitrogens with zero attached hydrogens (tertiary/aromatic N) is 4. The molecule has 0 aliphatic heterocycles. The highest BCUT2D eigenvalue weighted by molar-refractivity contribution is 6.02. The number of carboxylic acid groups (broad SMARTS) is 1. The zero-order chi connectivity index (χ0) is 13.8. The van der Waals surface area contributed by atoms with Crippen molar-refractivity contribution in [1.29, 1.82) is 0 Å². The van der Waals surface area contributed by atoms with Crippen molar-refractivity contribution in [3.8, 4) is 0 Å². The Kier molecular flexibility index (Phi) is 3.51. The molecule has 0 aromatic carbocycles. The maximum Gasteiger partial charge on any atom is 0.309 e. The first-order chi connectivity index (χ1) is 9.04. The fourth-order valence-corrected chi connectivity index (χ4v) is 1.40. The molecule has 1 amide bonds. The number of carboxylic acids is 1. The summed E-state index contributed by atoms with van der Waals surface area (Å²) in [6.07, 6.45) is 2.73. The van der Waals surface area contributed by atoms with Gasteiger partial charge in [0, 0.05) is 7.05 Å². The van der Waals surface area contributed by atoms with Crippen LogP contribution >= 0.6 is 0 Å². The van der Waals surface area contributed by atoms with Crippen molar-refractivity contribution in [2.24, 2.45) is 7.05 Å². The SMILES string of the molecule is Cn1cc(C(=O)Nc2ccc(CC(=O)O)nc2)nn1. The minimum Gasteiger partial charge on any atom is -0.481 e. The topological polar surface area (TPSA) is 110 Å². The first kappa shape index (κ1) is 12.7. The monoisotopic (exact) mass is 261 g/mol. The molecule has 0 radical (unpaired) electrons. The second-order valence-corrected chi connectivity index (χ2v) is 3.84. The lowest BCUT2D eigenvalue weighted by Gasteiger charge is -2.03. The first-order valence-electron chi connectivity index (χ1n) is 5.39. The van der Waals surface area contributed by atoms with E-state index in [-0.39, 0.29) is 12.1 Å². The number of aliphatic carboxylic acids is 1. The van der Waals surface area contributed by atoms with E-state index in [2.05, 4.69) is 20.6 Å². The molecule has 0 saturated carbocycles. The summed E-state index contributed by atoms with van der Waals surface area (Å²) in [4.78, 5) is 26.2. The molecule has 2 rings (SSSR count). The van der Waals surface area contributed by atoms with E-state index in [4.69, 9.17) is 5.11 Å². The minimum absolute atomic E-state index is 0.154. The van der Waals surface area contributed by atoms with Crippen LogP contribution in [0.3, 0.4) is 0 Å². The summed E-state index contributed by atoms with van der Waals surface area (Å²) in [6.45, 7) is 0. The maximum atomic E-state index is 11.7. The number of nitrogens with one attached hydrogen (secondary N) is 1. The lowest BCUT2D eigenvalue weighted by atomic mass is 10.2. The van der Waals surface area contributed by atoms with Crippen LogP contribution in [0, 0.1) is 0 Å². The highest BCUT2D eigenvalue weighted by Crippen LogP contribution is 2.08. The number of hydrogen-bond donors (Lipinski definition) is 2. The van der Waals surface area contributed by atoms with E-state index < -0.39 is 11.9 Å². The molecule has 0 unspecified atom stereocenters. The van der Waals surface area contributed by atoms with Gasteiger partial charge < -0.3 is 10.4 Å². The Morgan fingerprint density at radius 2 is 2.21 bits per heavy atom. The Balaban J connectivity index is 2.03. The molecule has 8 nitrogen and oxygen atoms in total. The largest absolute Gasteiger partial charge is 0.481 e. The van der Waals surface area contributed by atoms with Gasteiger partial charge in [0.05, 0.1) is 30.2 Å². The Morgan fingerprint density at radius 3 is 2.74 bits per heavy atom. The Bertz CT molecular complexity index is 605. The van der Waals surface area contributed by atoms with Gasteiger partial charge in [-0.1, -0.05) is 5.21 Å². The third-order valence-electron chi connectivity index (χ3n) is 2.25. The predicted molar refractivity (Wildman–Crippen MR) is 64.5 cm³/mol. The van der Waals surface area contributed by atoms with Crippen LogP contribution < -0.4 is 5.32 Å².